The third-order valence-electron chi connectivity index (χ3n) is 5.68. The molecule has 2 aliphatic rings. The van der Waals surface area contributed by atoms with E-state index in [1.165, 1.54) is 0 Å². The van der Waals surface area contributed by atoms with Crippen molar-refractivity contribution in [2.45, 2.75) is 31.8 Å². The van der Waals surface area contributed by atoms with Crippen molar-refractivity contribution in [3.8, 4) is 23.0 Å². The van der Waals surface area contributed by atoms with Gasteiger partial charge in [0, 0.05) is 17.5 Å². The second-order valence-electron chi connectivity index (χ2n) is 7.71. The van der Waals surface area contributed by atoms with Gasteiger partial charge in [0.05, 0.1) is 31.1 Å². The van der Waals surface area contributed by atoms with Gasteiger partial charge in [-0.1, -0.05) is 13.8 Å². The van der Waals surface area contributed by atoms with Crippen molar-refractivity contribution in [3.05, 3.63) is 47.2 Å². The molecule has 2 aliphatic heterocycles. The van der Waals surface area contributed by atoms with Crippen LogP contribution in [-0.2, 0) is 0 Å². The number of ketones is 1. The highest BCUT2D eigenvalue weighted by atomic mass is 16.5. The fourth-order valence-electron chi connectivity index (χ4n) is 4.15. The molecule has 3 aromatic rings. The van der Waals surface area contributed by atoms with E-state index in [0.717, 1.165) is 22.3 Å². The van der Waals surface area contributed by atoms with Gasteiger partial charge >= 0.3 is 0 Å². The van der Waals surface area contributed by atoms with Crippen molar-refractivity contribution < 1.29 is 28.2 Å². The molecule has 0 unspecified atom stereocenters. The van der Waals surface area contributed by atoms with Gasteiger partial charge in [0.25, 0.3) is 0 Å². The van der Waals surface area contributed by atoms with Crippen LogP contribution in [0, 0.1) is 0 Å². The summed E-state index contributed by atoms with van der Waals surface area (Å²) >= 11 is 0. The molecule has 0 aliphatic carbocycles. The van der Waals surface area contributed by atoms with E-state index in [0.29, 0.717) is 28.6 Å². The minimum atomic E-state index is -0.458. The molecule has 5 rings (SSSR count). The summed E-state index contributed by atoms with van der Waals surface area (Å²) in [6.45, 7) is 4.42. The number of furan rings is 1. The summed E-state index contributed by atoms with van der Waals surface area (Å²) in [7, 11) is 3.14. The zero-order chi connectivity index (χ0) is 20.3. The highest BCUT2D eigenvalue weighted by molar-refractivity contribution is 6.09. The molecular weight excluding hydrogens is 372 g/mol. The van der Waals surface area contributed by atoms with Crippen LogP contribution in [0.5, 0.6) is 23.0 Å². The van der Waals surface area contributed by atoms with Crippen LogP contribution < -0.4 is 18.9 Å². The first kappa shape index (κ1) is 17.9. The lowest BCUT2D eigenvalue weighted by Gasteiger charge is -2.37. The second-order valence-corrected chi connectivity index (χ2v) is 7.71. The SMILES string of the molecule is COc1cc2c(cc1OC)[C@H]1C(=O)c3ccc4oc(C(C)C)cc4c3O[C@H]1CO2. The van der Waals surface area contributed by atoms with Gasteiger partial charge in [-0.2, -0.15) is 0 Å². The maximum atomic E-state index is 13.5. The summed E-state index contributed by atoms with van der Waals surface area (Å²) in [5.74, 6) is 3.00. The van der Waals surface area contributed by atoms with Crippen LogP contribution in [-0.4, -0.2) is 32.7 Å². The minimum Gasteiger partial charge on any atom is -0.493 e. The van der Waals surface area contributed by atoms with Crippen LogP contribution in [0.25, 0.3) is 11.0 Å². The highest BCUT2D eigenvalue weighted by Crippen LogP contribution is 2.48. The third-order valence-corrected chi connectivity index (χ3v) is 5.68. The van der Waals surface area contributed by atoms with Gasteiger partial charge in [0.15, 0.2) is 17.3 Å². The minimum absolute atomic E-state index is 0.0159. The summed E-state index contributed by atoms with van der Waals surface area (Å²) in [4.78, 5) is 13.5. The Balaban J connectivity index is 1.64. The first-order valence-electron chi connectivity index (χ1n) is 9.67. The fourth-order valence-corrected chi connectivity index (χ4v) is 4.15. The summed E-state index contributed by atoms with van der Waals surface area (Å²) in [5.41, 5.74) is 2.05. The number of methoxy groups -OCH3 is 2. The van der Waals surface area contributed by atoms with Gasteiger partial charge < -0.3 is 23.4 Å². The van der Waals surface area contributed by atoms with E-state index in [1.54, 1.807) is 26.4 Å². The van der Waals surface area contributed by atoms with Crippen molar-refractivity contribution in [1.82, 2.24) is 0 Å². The Labute approximate surface area is 168 Å². The van der Waals surface area contributed by atoms with Gasteiger partial charge in [0.1, 0.15) is 35.6 Å². The zero-order valence-electron chi connectivity index (χ0n) is 16.8. The molecular formula is C23H22O6. The Morgan fingerprint density at radius 1 is 1.07 bits per heavy atom. The molecule has 2 atom stereocenters. The number of fused-ring (bicyclic) bond motifs is 6. The van der Waals surface area contributed by atoms with Crippen molar-refractivity contribution in [2.75, 3.05) is 20.8 Å². The van der Waals surface area contributed by atoms with E-state index in [9.17, 15) is 4.79 Å². The molecule has 1 aromatic heterocycles. The lowest BCUT2D eigenvalue weighted by molar-refractivity contribution is 0.0566. The Morgan fingerprint density at radius 3 is 2.55 bits per heavy atom. The first-order chi connectivity index (χ1) is 14.0. The van der Waals surface area contributed by atoms with Gasteiger partial charge in [0.2, 0.25) is 0 Å². The quantitative estimate of drug-likeness (QED) is 0.642. The second kappa shape index (κ2) is 6.44. The monoisotopic (exact) mass is 394 g/mol. The molecule has 0 fully saturated rings. The molecule has 0 N–H and O–H groups in total. The number of carbonyl (C=O) groups is 1. The lowest BCUT2D eigenvalue weighted by Crippen LogP contribution is -2.43. The third kappa shape index (κ3) is 2.58. The summed E-state index contributed by atoms with van der Waals surface area (Å²) in [5, 5.41) is 0.830. The Bertz CT molecular complexity index is 1130. The van der Waals surface area contributed by atoms with E-state index in [2.05, 4.69) is 13.8 Å². The van der Waals surface area contributed by atoms with E-state index in [1.807, 2.05) is 18.2 Å². The fraction of sp³-hybridized carbons (Fsp3) is 0.348. The van der Waals surface area contributed by atoms with Crippen molar-refractivity contribution >= 4 is 16.8 Å². The van der Waals surface area contributed by atoms with Crippen LogP contribution in [0.4, 0.5) is 0 Å². The molecule has 0 bridgehead atoms. The van der Waals surface area contributed by atoms with Gasteiger partial charge in [-0.25, -0.2) is 0 Å². The lowest BCUT2D eigenvalue weighted by atomic mass is 9.81. The van der Waals surface area contributed by atoms with Crippen LogP contribution in [0.1, 0.15) is 47.4 Å². The number of hydrogen-bond acceptors (Lipinski definition) is 6. The standard InChI is InChI=1S/C23H22O6/c1-11(2)16-8-14-15(28-16)6-5-12-22(24)21-13-7-18(25-3)19(26-4)9-17(13)27-10-20(21)29-23(12)14/h5-9,11,20-21H,10H2,1-4H3/t20-,21+/m0/s1. The zero-order valence-corrected chi connectivity index (χ0v) is 16.8. The molecule has 29 heavy (non-hydrogen) atoms. The highest BCUT2D eigenvalue weighted by Gasteiger charge is 2.44. The molecule has 0 amide bonds. The average molecular weight is 394 g/mol. The molecule has 0 saturated heterocycles. The van der Waals surface area contributed by atoms with E-state index >= 15 is 0 Å². The van der Waals surface area contributed by atoms with Crippen molar-refractivity contribution in [3.63, 3.8) is 0 Å². The van der Waals surface area contributed by atoms with Crippen LogP contribution >= 0.6 is 0 Å². The van der Waals surface area contributed by atoms with Gasteiger partial charge in [-0.05, 0) is 24.3 Å². The van der Waals surface area contributed by atoms with E-state index in [4.69, 9.17) is 23.4 Å². The molecule has 2 aromatic carbocycles. The molecule has 0 spiro atoms. The van der Waals surface area contributed by atoms with E-state index in [-0.39, 0.29) is 18.3 Å². The van der Waals surface area contributed by atoms with E-state index < -0.39 is 12.0 Å². The average Bonchev–Trinajstić information content (AvgIpc) is 3.17. The molecule has 6 nitrogen and oxygen atoms in total. The van der Waals surface area contributed by atoms with Crippen molar-refractivity contribution in [2.24, 2.45) is 0 Å². The predicted molar refractivity (Wildman–Crippen MR) is 107 cm³/mol. The number of Topliss-reactive ketones (excluding diaryl/α,β-unsaturated/α-hetero) is 1. The van der Waals surface area contributed by atoms with Crippen LogP contribution in [0.2, 0.25) is 0 Å². The van der Waals surface area contributed by atoms with Crippen LogP contribution in [0.3, 0.4) is 0 Å². The maximum absolute atomic E-state index is 13.5. The predicted octanol–water partition coefficient (Wildman–Crippen LogP) is 4.69. The topological polar surface area (TPSA) is 67.1 Å². The number of hydrogen-bond donors (Lipinski definition) is 0. The van der Waals surface area contributed by atoms with Crippen LogP contribution in [0.15, 0.2) is 34.7 Å². The largest absolute Gasteiger partial charge is 0.493 e. The van der Waals surface area contributed by atoms with Gasteiger partial charge in [-0.3, -0.25) is 4.79 Å². The molecule has 0 radical (unpaired) electrons. The Hall–Kier alpha value is -3.15. The normalized spacial score (nSPS) is 19.8. The Kier molecular flexibility index (Phi) is 3.98. The summed E-state index contributed by atoms with van der Waals surface area (Å²) in [6.07, 6.45) is -0.413. The number of carbonyl (C=O) groups excluding carboxylic acids is 1. The maximum Gasteiger partial charge on any atom is 0.178 e. The number of benzene rings is 2. The number of rotatable bonds is 3. The molecule has 150 valence electrons. The Morgan fingerprint density at radius 2 is 1.83 bits per heavy atom. The summed E-state index contributed by atoms with van der Waals surface area (Å²) < 4.78 is 28.9. The smallest absolute Gasteiger partial charge is 0.178 e. The molecule has 6 heteroatoms. The molecule has 3 heterocycles. The summed E-state index contributed by atoms with van der Waals surface area (Å²) in [6, 6.07) is 9.18. The van der Waals surface area contributed by atoms with Gasteiger partial charge in [-0.15, -0.1) is 0 Å². The van der Waals surface area contributed by atoms with Crippen molar-refractivity contribution in [1.29, 1.82) is 0 Å². The molecule has 0 saturated carbocycles. The number of ether oxygens (including phenoxy) is 4. The first-order valence-corrected chi connectivity index (χ1v) is 9.67.